The third-order valence-electron chi connectivity index (χ3n) is 7.73. The van der Waals surface area contributed by atoms with Gasteiger partial charge in [-0.3, -0.25) is 15.1 Å². The average molecular weight is 555 g/mol. The quantitative estimate of drug-likeness (QED) is 0.357. The Kier molecular flexibility index (Phi) is 6.78. The van der Waals surface area contributed by atoms with E-state index in [1.54, 1.807) is 74.8 Å². The highest BCUT2D eigenvalue weighted by atomic mass is 16.7. The van der Waals surface area contributed by atoms with Gasteiger partial charge in [0.05, 0.1) is 27.0 Å². The van der Waals surface area contributed by atoms with Crippen LogP contribution in [-0.4, -0.2) is 44.8 Å². The first-order valence-corrected chi connectivity index (χ1v) is 13.3. The molecule has 41 heavy (non-hydrogen) atoms. The molecular weight excluding hydrogens is 524 g/mol. The van der Waals surface area contributed by atoms with Crippen molar-refractivity contribution in [3.63, 3.8) is 0 Å². The fourth-order valence-corrected chi connectivity index (χ4v) is 5.76. The summed E-state index contributed by atoms with van der Waals surface area (Å²) in [6, 6.07) is 17.8. The van der Waals surface area contributed by atoms with E-state index >= 15 is 0 Å². The predicted octanol–water partition coefficient (Wildman–Crippen LogP) is 6.00. The Hall–Kier alpha value is -4.92. The number of amidine groups is 1. The summed E-state index contributed by atoms with van der Waals surface area (Å²) in [6.07, 6.45) is 1.58. The van der Waals surface area contributed by atoms with E-state index in [1.165, 1.54) is 0 Å². The lowest BCUT2D eigenvalue weighted by atomic mass is 9.73. The van der Waals surface area contributed by atoms with E-state index in [2.05, 4.69) is 0 Å². The molecule has 0 bridgehead atoms. The number of nitrogens with one attached hydrogen (secondary N) is 1. The first-order chi connectivity index (χ1) is 19.9. The van der Waals surface area contributed by atoms with E-state index in [1.807, 2.05) is 12.1 Å². The molecule has 0 amide bonds. The molecule has 2 N–H and O–H groups in total. The number of nitrogens with zero attached hydrogens (tertiary/aromatic N) is 1. The van der Waals surface area contributed by atoms with Crippen LogP contribution in [0.4, 0.5) is 5.69 Å². The summed E-state index contributed by atoms with van der Waals surface area (Å²) >= 11 is 0. The number of aliphatic hydroxyl groups is 1. The number of methoxy groups -OCH3 is 3. The van der Waals surface area contributed by atoms with Crippen molar-refractivity contribution in [1.82, 2.24) is 0 Å². The Morgan fingerprint density at radius 3 is 2.37 bits per heavy atom. The molecule has 2 aliphatic heterocycles. The highest BCUT2D eigenvalue weighted by Gasteiger charge is 2.44. The van der Waals surface area contributed by atoms with Crippen LogP contribution in [0.15, 0.2) is 77.5 Å². The number of rotatable bonds is 6. The summed E-state index contributed by atoms with van der Waals surface area (Å²) in [6.45, 7) is 0.107. The molecule has 0 saturated heterocycles. The number of ketones is 1. The second kappa shape index (κ2) is 10.6. The third kappa shape index (κ3) is 4.43. The van der Waals surface area contributed by atoms with E-state index in [4.69, 9.17) is 23.7 Å². The van der Waals surface area contributed by atoms with Crippen molar-refractivity contribution in [2.75, 3.05) is 33.0 Å². The zero-order valence-corrected chi connectivity index (χ0v) is 23.0. The monoisotopic (exact) mass is 554 g/mol. The van der Waals surface area contributed by atoms with Gasteiger partial charge in [0.15, 0.2) is 17.3 Å². The van der Waals surface area contributed by atoms with Gasteiger partial charge in [0, 0.05) is 40.8 Å². The Labute approximate surface area is 237 Å². The number of fused-ring (bicyclic) bond motifs is 1. The molecule has 0 saturated carbocycles. The van der Waals surface area contributed by atoms with Gasteiger partial charge >= 0.3 is 0 Å². The van der Waals surface area contributed by atoms with Crippen LogP contribution in [-0.2, 0) is 4.79 Å². The molecule has 6 rings (SSSR count). The van der Waals surface area contributed by atoms with Crippen molar-refractivity contribution < 1.29 is 33.6 Å². The fourth-order valence-electron chi connectivity index (χ4n) is 5.76. The Balaban J connectivity index is 1.65. The van der Waals surface area contributed by atoms with Crippen molar-refractivity contribution in [1.29, 1.82) is 5.41 Å². The predicted molar refractivity (Wildman–Crippen MR) is 153 cm³/mol. The minimum absolute atomic E-state index is 0.0287. The summed E-state index contributed by atoms with van der Waals surface area (Å²) in [5.41, 5.74) is 3.27. The number of carbonyl (C=O) groups is 1. The lowest BCUT2D eigenvalue weighted by molar-refractivity contribution is -0.116. The molecule has 0 aromatic heterocycles. The number of carbonyl (C=O) groups excluding carboxylic acids is 1. The van der Waals surface area contributed by atoms with E-state index in [9.17, 15) is 15.3 Å². The summed E-state index contributed by atoms with van der Waals surface area (Å²) in [4.78, 5) is 15.5. The maximum atomic E-state index is 13.8. The number of Topliss-reactive ketones (excluding diaryl/α,β-unsaturated/α-hetero) is 1. The van der Waals surface area contributed by atoms with Crippen LogP contribution in [0.3, 0.4) is 0 Å². The summed E-state index contributed by atoms with van der Waals surface area (Å²) in [5.74, 6) is 2.04. The molecule has 1 atom stereocenters. The van der Waals surface area contributed by atoms with Crippen LogP contribution in [0.5, 0.6) is 28.7 Å². The highest BCUT2D eigenvalue weighted by molar-refractivity contribution is 6.20. The summed E-state index contributed by atoms with van der Waals surface area (Å²) in [5, 5.41) is 21.5. The number of aliphatic hydroxyl groups excluding tert-OH is 1. The first-order valence-electron chi connectivity index (χ1n) is 13.3. The number of anilines is 1. The van der Waals surface area contributed by atoms with Crippen LogP contribution in [0, 0.1) is 5.41 Å². The standard InChI is InChI=1S/C32H30N2O7/c1-37-20-10-7-18(8-11-20)31(36)30-28(19-9-13-26-27(15-19)41-17-40-26)29-22(5-4-6-24(29)35)34(32(30)33)23-16-21(38-2)12-14-25(23)39-3/h7-16,28,33,36H,4-6,17H2,1-3H3/b31-30+,33-32?. The molecule has 1 aliphatic carbocycles. The SMILES string of the molecule is COc1ccc(/C(O)=C2\C(=N)N(c3cc(OC)ccc3OC)C3=C(C(=O)CCC3)C2c2ccc3c(c2)OCO3)cc1. The van der Waals surface area contributed by atoms with Crippen LogP contribution in [0.2, 0.25) is 0 Å². The van der Waals surface area contributed by atoms with Gasteiger partial charge in [-0.15, -0.1) is 0 Å². The normalized spacial score (nSPS) is 19.2. The van der Waals surface area contributed by atoms with Gasteiger partial charge in [-0.2, -0.15) is 0 Å². The van der Waals surface area contributed by atoms with Crippen molar-refractivity contribution in [3.8, 4) is 28.7 Å². The molecule has 0 fully saturated rings. The second-order valence-corrected chi connectivity index (χ2v) is 9.90. The summed E-state index contributed by atoms with van der Waals surface area (Å²) < 4.78 is 27.7. The van der Waals surface area contributed by atoms with Crippen LogP contribution in [0.1, 0.15) is 36.3 Å². The van der Waals surface area contributed by atoms with Gasteiger partial charge in [0.2, 0.25) is 6.79 Å². The molecule has 0 radical (unpaired) electrons. The fraction of sp³-hybridized carbons (Fsp3) is 0.250. The van der Waals surface area contributed by atoms with Crippen molar-refractivity contribution in [2.24, 2.45) is 0 Å². The number of allylic oxidation sites excluding steroid dienone is 2. The number of hydrogen-bond donors (Lipinski definition) is 2. The Bertz CT molecular complexity index is 1610. The minimum Gasteiger partial charge on any atom is -0.507 e. The molecular formula is C32H30N2O7. The van der Waals surface area contributed by atoms with Gasteiger partial charge in [-0.05, 0) is 66.9 Å². The smallest absolute Gasteiger partial charge is 0.231 e. The van der Waals surface area contributed by atoms with Crippen molar-refractivity contribution in [3.05, 3.63) is 88.6 Å². The van der Waals surface area contributed by atoms with E-state index in [-0.39, 0.29) is 29.7 Å². The summed E-state index contributed by atoms with van der Waals surface area (Å²) in [7, 11) is 4.70. The van der Waals surface area contributed by atoms with Crippen LogP contribution < -0.4 is 28.6 Å². The molecule has 210 valence electrons. The second-order valence-electron chi connectivity index (χ2n) is 9.90. The maximum absolute atomic E-state index is 13.8. The highest BCUT2D eigenvalue weighted by Crippen LogP contribution is 2.51. The molecule has 9 heteroatoms. The lowest BCUT2D eigenvalue weighted by Gasteiger charge is -2.42. The Morgan fingerprint density at radius 1 is 0.902 bits per heavy atom. The van der Waals surface area contributed by atoms with Crippen LogP contribution >= 0.6 is 0 Å². The van der Waals surface area contributed by atoms with Gasteiger partial charge in [-0.25, -0.2) is 0 Å². The first kappa shape index (κ1) is 26.3. The van der Waals surface area contributed by atoms with Crippen LogP contribution in [0.25, 0.3) is 5.76 Å². The molecule has 2 heterocycles. The zero-order chi connectivity index (χ0) is 28.7. The van der Waals surface area contributed by atoms with Crippen molar-refractivity contribution >= 4 is 23.1 Å². The number of hydrogen-bond acceptors (Lipinski definition) is 8. The molecule has 0 spiro atoms. The van der Waals surface area contributed by atoms with Gasteiger partial charge in [-0.1, -0.05) is 6.07 Å². The van der Waals surface area contributed by atoms with E-state index < -0.39 is 5.92 Å². The number of ether oxygens (including phenoxy) is 5. The average Bonchev–Trinajstić information content (AvgIpc) is 3.48. The van der Waals surface area contributed by atoms with Gasteiger partial charge < -0.3 is 28.8 Å². The molecule has 3 aromatic carbocycles. The van der Waals surface area contributed by atoms with Gasteiger partial charge in [0.1, 0.15) is 28.8 Å². The topological polar surface area (TPSA) is 111 Å². The Morgan fingerprint density at radius 2 is 1.63 bits per heavy atom. The minimum atomic E-state index is -0.713. The van der Waals surface area contributed by atoms with Gasteiger partial charge in [0.25, 0.3) is 0 Å². The molecule has 3 aromatic rings. The molecule has 3 aliphatic rings. The lowest BCUT2D eigenvalue weighted by Crippen LogP contribution is -2.42. The van der Waals surface area contributed by atoms with E-state index in [0.717, 1.165) is 0 Å². The third-order valence-corrected chi connectivity index (χ3v) is 7.73. The largest absolute Gasteiger partial charge is 0.507 e. The molecule has 1 unspecified atom stereocenters. The molecule has 9 nitrogen and oxygen atoms in total. The van der Waals surface area contributed by atoms with Crippen molar-refractivity contribution in [2.45, 2.75) is 25.2 Å². The number of benzene rings is 3. The zero-order valence-electron chi connectivity index (χ0n) is 23.0. The van der Waals surface area contributed by atoms with E-state index in [0.29, 0.717) is 76.1 Å². The maximum Gasteiger partial charge on any atom is 0.231 e.